The summed E-state index contributed by atoms with van der Waals surface area (Å²) in [5.41, 5.74) is 8.97. The Bertz CT molecular complexity index is 542. The first kappa shape index (κ1) is 14.1. The van der Waals surface area contributed by atoms with Gasteiger partial charge >= 0.3 is 0 Å². The lowest BCUT2D eigenvalue weighted by molar-refractivity contribution is 0.608. The van der Waals surface area contributed by atoms with Gasteiger partial charge in [0.2, 0.25) is 0 Å². The topological polar surface area (TPSA) is 26.0 Å². The van der Waals surface area contributed by atoms with Crippen molar-refractivity contribution in [3.05, 3.63) is 71.0 Å². The predicted molar refractivity (Wildman–Crippen MR) is 80.7 cm³/mol. The second kappa shape index (κ2) is 6.73. The van der Waals surface area contributed by atoms with Crippen molar-refractivity contribution in [1.82, 2.24) is 0 Å². The normalized spacial score (nSPS) is 12.4. The number of thioether (sulfide) groups is 1. The Morgan fingerprint density at radius 3 is 2.63 bits per heavy atom. The van der Waals surface area contributed by atoms with Crippen molar-refractivity contribution in [2.24, 2.45) is 5.73 Å². The molecule has 1 atom stereocenters. The van der Waals surface area contributed by atoms with Crippen LogP contribution in [0.1, 0.15) is 21.9 Å². The lowest BCUT2D eigenvalue weighted by Crippen LogP contribution is -2.11. The van der Waals surface area contributed by atoms with Crippen LogP contribution in [-0.2, 0) is 5.75 Å². The van der Waals surface area contributed by atoms with Crippen molar-refractivity contribution in [3.8, 4) is 0 Å². The molecule has 2 aromatic carbocycles. The van der Waals surface area contributed by atoms with Crippen LogP contribution in [0, 0.1) is 12.7 Å². The number of hydrogen-bond donors (Lipinski definition) is 1. The number of benzene rings is 2. The third-order valence-electron chi connectivity index (χ3n) is 3.00. The summed E-state index contributed by atoms with van der Waals surface area (Å²) in [5, 5.41) is 0.00159. The minimum Gasteiger partial charge on any atom is -0.329 e. The monoisotopic (exact) mass is 275 g/mol. The highest BCUT2D eigenvalue weighted by Gasteiger charge is 2.14. The molecule has 0 spiro atoms. The van der Waals surface area contributed by atoms with Crippen molar-refractivity contribution in [2.75, 3.05) is 6.54 Å². The van der Waals surface area contributed by atoms with Crippen LogP contribution in [0.15, 0.2) is 48.5 Å². The molecule has 1 unspecified atom stereocenters. The summed E-state index contributed by atoms with van der Waals surface area (Å²) in [6.07, 6.45) is 0. The molecule has 2 rings (SSSR count). The van der Waals surface area contributed by atoms with Gasteiger partial charge in [-0.3, -0.25) is 0 Å². The van der Waals surface area contributed by atoms with E-state index in [9.17, 15) is 4.39 Å². The van der Waals surface area contributed by atoms with Gasteiger partial charge in [0.1, 0.15) is 5.82 Å². The average Bonchev–Trinajstić information content (AvgIpc) is 2.41. The van der Waals surface area contributed by atoms with Gasteiger partial charge in [0.15, 0.2) is 0 Å². The third-order valence-corrected chi connectivity index (χ3v) is 4.35. The lowest BCUT2D eigenvalue weighted by Gasteiger charge is -2.15. The Balaban J connectivity index is 2.06. The highest BCUT2D eigenvalue weighted by Crippen LogP contribution is 2.32. The molecule has 19 heavy (non-hydrogen) atoms. The number of halogens is 1. The summed E-state index contributed by atoms with van der Waals surface area (Å²) in [5.74, 6) is 0.674. The van der Waals surface area contributed by atoms with E-state index < -0.39 is 0 Å². The Kier molecular flexibility index (Phi) is 5.00. The Hall–Kier alpha value is -1.32. The summed E-state index contributed by atoms with van der Waals surface area (Å²) in [6, 6.07) is 15.2. The molecule has 0 aliphatic carbocycles. The summed E-state index contributed by atoms with van der Waals surface area (Å²) >= 11 is 1.69. The van der Waals surface area contributed by atoms with Gasteiger partial charge in [0.05, 0.1) is 0 Å². The van der Waals surface area contributed by atoms with Crippen molar-refractivity contribution in [3.63, 3.8) is 0 Å². The molecular formula is C16H18FNS. The van der Waals surface area contributed by atoms with Gasteiger partial charge < -0.3 is 5.73 Å². The van der Waals surface area contributed by atoms with Crippen LogP contribution >= 0.6 is 11.8 Å². The Morgan fingerprint density at radius 1 is 1.16 bits per heavy atom. The van der Waals surface area contributed by atoms with Crippen molar-refractivity contribution in [1.29, 1.82) is 0 Å². The maximum absolute atomic E-state index is 13.7. The smallest absolute Gasteiger partial charge is 0.127 e. The van der Waals surface area contributed by atoms with E-state index in [4.69, 9.17) is 5.73 Å². The summed E-state index contributed by atoms with van der Waals surface area (Å²) in [6.45, 7) is 2.52. The molecule has 100 valence electrons. The first-order valence-electron chi connectivity index (χ1n) is 6.32. The fraction of sp³-hybridized carbons (Fsp3) is 0.250. The average molecular weight is 275 g/mol. The minimum absolute atomic E-state index is 0.00159. The van der Waals surface area contributed by atoms with E-state index in [1.165, 1.54) is 17.2 Å². The number of rotatable bonds is 5. The number of aryl methyl sites for hydroxylation is 1. The summed E-state index contributed by atoms with van der Waals surface area (Å²) in [4.78, 5) is 0. The van der Waals surface area contributed by atoms with Crippen LogP contribution in [0.4, 0.5) is 4.39 Å². The highest BCUT2D eigenvalue weighted by molar-refractivity contribution is 7.98. The molecule has 0 saturated heterocycles. The summed E-state index contributed by atoms with van der Waals surface area (Å²) in [7, 11) is 0. The molecule has 2 aromatic rings. The van der Waals surface area contributed by atoms with Gasteiger partial charge in [-0.1, -0.05) is 48.0 Å². The van der Waals surface area contributed by atoms with Crippen LogP contribution in [0.3, 0.4) is 0 Å². The lowest BCUT2D eigenvalue weighted by atomic mass is 10.1. The van der Waals surface area contributed by atoms with Crippen molar-refractivity contribution >= 4 is 11.8 Å². The fourth-order valence-corrected chi connectivity index (χ4v) is 3.10. The van der Waals surface area contributed by atoms with Crippen molar-refractivity contribution in [2.45, 2.75) is 17.9 Å². The SMILES string of the molecule is Cc1cccc(CSC(CN)c2ccccc2F)c1. The zero-order valence-corrected chi connectivity index (χ0v) is 11.8. The molecule has 0 heterocycles. The molecule has 0 aromatic heterocycles. The number of nitrogens with two attached hydrogens (primary N) is 1. The second-order valence-corrected chi connectivity index (χ2v) is 5.74. The maximum Gasteiger partial charge on any atom is 0.127 e. The molecule has 3 heteroatoms. The molecule has 0 amide bonds. The van der Waals surface area contributed by atoms with Crippen LogP contribution in [-0.4, -0.2) is 6.54 Å². The van der Waals surface area contributed by atoms with Gasteiger partial charge in [-0.15, -0.1) is 11.8 Å². The van der Waals surface area contributed by atoms with Crippen LogP contribution < -0.4 is 5.73 Å². The van der Waals surface area contributed by atoms with E-state index in [-0.39, 0.29) is 11.1 Å². The highest BCUT2D eigenvalue weighted by atomic mass is 32.2. The molecule has 2 N–H and O–H groups in total. The van der Waals surface area contributed by atoms with Gasteiger partial charge in [0, 0.05) is 23.1 Å². The molecule has 0 saturated carbocycles. The molecule has 0 radical (unpaired) electrons. The van der Waals surface area contributed by atoms with Gasteiger partial charge in [0.25, 0.3) is 0 Å². The molecule has 0 bridgehead atoms. The zero-order valence-electron chi connectivity index (χ0n) is 11.0. The molecule has 0 aliphatic heterocycles. The molecule has 0 fully saturated rings. The first-order valence-corrected chi connectivity index (χ1v) is 7.37. The van der Waals surface area contributed by atoms with E-state index in [0.717, 1.165) is 5.75 Å². The van der Waals surface area contributed by atoms with Crippen LogP contribution in [0.5, 0.6) is 0 Å². The molecule has 0 aliphatic rings. The van der Waals surface area contributed by atoms with E-state index >= 15 is 0 Å². The summed E-state index contributed by atoms with van der Waals surface area (Å²) < 4.78 is 13.7. The maximum atomic E-state index is 13.7. The predicted octanol–water partition coefficient (Wildman–Crippen LogP) is 4.07. The quantitative estimate of drug-likeness (QED) is 0.890. The Labute approximate surface area is 118 Å². The third kappa shape index (κ3) is 3.82. The zero-order chi connectivity index (χ0) is 13.7. The van der Waals surface area contributed by atoms with E-state index in [2.05, 4.69) is 25.1 Å². The van der Waals surface area contributed by atoms with Gasteiger partial charge in [-0.25, -0.2) is 4.39 Å². The van der Waals surface area contributed by atoms with Gasteiger partial charge in [-0.05, 0) is 18.6 Å². The van der Waals surface area contributed by atoms with Crippen LogP contribution in [0.2, 0.25) is 0 Å². The first-order chi connectivity index (χ1) is 9.20. The minimum atomic E-state index is -0.172. The Morgan fingerprint density at radius 2 is 1.95 bits per heavy atom. The van der Waals surface area contributed by atoms with Crippen LogP contribution in [0.25, 0.3) is 0 Å². The second-order valence-electron chi connectivity index (χ2n) is 4.55. The largest absolute Gasteiger partial charge is 0.329 e. The van der Waals surface area contributed by atoms with E-state index in [0.29, 0.717) is 12.1 Å². The fourth-order valence-electron chi connectivity index (χ4n) is 2.02. The van der Waals surface area contributed by atoms with E-state index in [1.54, 1.807) is 17.8 Å². The molecular weight excluding hydrogens is 257 g/mol. The van der Waals surface area contributed by atoms with E-state index in [1.807, 2.05) is 18.2 Å². The van der Waals surface area contributed by atoms with Crippen molar-refractivity contribution < 1.29 is 4.39 Å². The van der Waals surface area contributed by atoms with Gasteiger partial charge in [-0.2, -0.15) is 0 Å². The molecule has 1 nitrogen and oxygen atoms in total. The standard InChI is InChI=1S/C16H18FNS/c1-12-5-4-6-13(9-12)11-19-16(10-18)14-7-2-3-8-15(14)17/h2-9,16H,10-11,18H2,1H3. The number of hydrogen-bond acceptors (Lipinski definition) is 2.